The van der Waals surface area contributed by atoms with E-state index in [9.17, 15) is 13.2 Å². The fourth-order valence-electron chi connectivity index (χ4n) is 3.18. The summed E-state index contributed by atoms with van der Waals surface area (Å²) in [4.78, 5) is 11.8. The molecule has 1 fully saturated rings. The van der Waals surface area contributed by atoms with Gasteiger partial charge in [-0.25, -0.2) is 9.98 Å². The number of piperidine rings is 1. The van der Waals surface area contributed by atoms with E-state index in [1.54, 1.807) is 11.3 Å². The number of thiazole rings is 1. The summed E-state index contributed by atoms with van der Waals surface area (Å²) in [5.74, 6) is 1.23. The number of nitrogens with one attached hydrogen (secondary N) is 2. The minimum atomic E-state index is -4.10. The predicted octanol–water partition coefficient (Wildman–Crippen LogP) is 3.48. The molecule has 0 aromatic carbocycles. The highest BCUT2D eigenvalue weighted by molar-refractivity contribution is 7.11. The molecule has 1 aromatic heterocycles. The lowest BCUT2D eigenvalue weighted by atomic mass is 9.93. The van der Waals surface area contributed by atoms with Crippen LogP contribution in [0, 0.1) is 19.8 Å². The van der Waals surface area contributed by atoms with E-state index in [0.29, 0.717) is 25.6 Å². The van der Waals surface area contributed by atoms with Gasteiger partial charge in [0.05, 0.1) is 18.8 Å². The van der Waals surface area contributed by atoms with Crippen LogP contribution in [-0.4, -0.2) is 54.7 Å². The zero-order valence-corrected chi connectivity index (χ0v) is 17.1. The second-order valence-electron chi connectivity index (χ2n) is 6.99. The lowest BCUT2D eigenvalue weighted by Crippen LogP contribution is -2.41. The van der Waals surface area contributed by atoms with E-state index in [2.05, 4.69) is 27.5 Å². The van der Waals surface area contributed by atoms with Crippen LogP contribution in [0.15, 0.2) is 4.99 Å². The second-order valence-corrected chi connectivity index (χ2v) is 8.28. The third-order valence-corrected chi connectivity index (χ3v) is 5.80. The molecule has 0 atom stereocenters. The normalized spacial score (nSPS) is 17.3. The van der Waals surface area contributed by atoms with Crippen molar-refractivity contribution in [2.45, 2.75) is 52.8 Å². The van der Waals surface area contributed by atoms with Gasteiger partial charge in [0, 0.05) is 18.0 Å². The number of alkyl halides is 3. The van der Waals surface area contributed by atoms with Gasteiger partial charge in [0.1, 0.15) is 5.01 Å². The van der Waals surface area contributed by atoms with E-state index in [1.165, 1.54) is 9.78 Å². The van der Waals surface area contributed by atoms with Gasteiger partial charge in [0.25, 0.3) is 0 Å². The molecular formula is C18H30F3N5S. The molecule has 0 amide bonds. The molecule has 1 saturated heterocycles. The molecule has 27 heavy (non-hydrogen) atoms. The summed E-state index contributed by atoms with van der Waals surface area (Å²) in [6.07, 6.45) is -1.51. The molecule has 2 N–H and O–H groups in total. The molecule has 1 aliphatic rings. The highest BCUT2D eigenvalue weighted by Crippen LogP contribution is 2.24. The van der Waals surface area contributed by atoms with Crippen LogP contribution < -0.4 is 10.6 Å². The molecule has 0 bridgehead atoms. The van der Waals surface area contributed by atoms with E-state index in [0.717, 1.165) is 49.0 Å². The van der Waals surface area contributed by atoms with Gasteiger partial charge >= 0.3 is 6.18 Å². The topological polar surface area (TPSA) is 52.6 Å². The molecule has 2 rings (SSSR count). The highest BCUT2D eigenvalue weighted by atomic mass is 32.1. The monoisotopic (exact) mass is 405 g/mol. The van der Waals surface area contributed by atoms with Crippen LogP contribution in [0.4, 0.5) is 13.2 Å². The number of guanidine groups is 1. The predicted molar refractivity (Wildman–Crippen MR) is 104 cm³/mol. The first-order chi connectivity index (χ1) is 12.8. The number of aromatic nitrogens is 1. The van der Waals surface area contributed by atoms with E-state index in [4.69, 9.17) is 0 Å². The molecule has 0 unspecified atom stereocenters. The molecule has 154 valence electrons. The van der Waals surface area contributed by atoms with Crippen LogP contribution >= 0.6 is 11.3 Å². The number of hydrogen-bond donors (Lipinski definition) is 2. The lowest BCUT2D eigenvalue weighted by molar-refractivity contribution is -0.148. The number of aliphatic imine (C=N–C) groups is 1. The zero-order valence-electron chi connectivity index (χ0n) is 16.3. The Hall–Kier alpha value is -1.35. The van der Waals surface area contributed by atoms with Gasteiger partial charge in [0.15, 0.2) is 5.96 Å². The Morgan fingerprint density at radius 2 is 1.96 bits per heavy atom. The van der Waals surface area contributed by atoms with Crippen LogP contribution in [0.1, 0.15) is 41.8 Å². The van der Waals surface area contributed by atoms with E-state index in [-0.39, 0.29) is 0 Å². The minimum absolute atomic E-state index is 0.467. The quantitative estimate of drug-likeness (QED) is 0.539. The number of rotatable bonds is 7. The summed E-state index contributed by atoms with van der Waals surface area (Å²) in [6, 6.07) is 0. The Bertz CT molecular complexity index is 587. The molecule has 0 spiro atoms. The number of halogens is 3. The largest absolute Gasteiger partial charge is 0.401 e. The van der Waals surface area contributed by atoms with Crippen molar-refractivity contribution in [2.24, 2.45) is 10.9 Å². The van der Waals surface area contributed by atoms with Gasteiger partial charge in [-0.1, -0.05) is 0 Å². The van der Waals surface area contributed by atoms with Crippen LogP contribution in [0.2, 0.25) is 0 Å². The molecule has 9 heteroatoms. The first-order valence-corrected chi connectivity index (χ1v) is 10.3. The Kier molecular flexibility index (Phi) is 8.34. The molecule has 5 nitrogen and oxygen atoms in total. The maximum Gasteiger partial charge on any atom is 0.401 e. The fraction of sp³-hybridized carbons (Fsp3) is 0.778. The third kappa shape index (κ3) is 8.04. The van der Waals surface area contributed by atoms with Crippen molar-refractivity contribution in [3.8, 4) is 0 Å². The minimum Gasteiger partial charge on any atom is -0.357 e. The Morgan fingerprint density at radius 3 is 2.52 bits per heavy atom. The summed E-state index contributed by atoms with van der Waals surface area (Å²) in [5, 5.41) is 7.56. The summed E-state index contributed by atoms with van der Waals surface area (Å²) in [7, 11) is 0. The first kappa shape index (κ1) is 21.9. The van der Waals surface area contributed by atoms with Crippen molar-refractivity contribution >= 4 is 17.3 Å². The summed E-state index contributed by atoms with van der Waals surface area (Å²) >= 11 is 1.67. The van der Waals surface area contributed by atoms with E-state index < -0.39 is 12.7 Å². The van der Waals surface area contributed by atoms with Gasteiger partial charge < -0.3 is 10.6 Å². The standard InChI is InChI=1S/C18H30F3N5S/c1-4-22-17(24-11-16-25-13(2)14(3)27-16)23-8-5-15-6-9-26(10-7-15)12-18(19,20)21/h15H,4-12H2,1-3H3,(H2,22,23,24). The smallest absolute Gasteiger partial charge is 0.357 e. The summed E-state index contributed by atoms with van der Waals surface area (Å²) in [6.45, 7) is 8.44. The number of nitrogens with zero attached hydrogens (tertiary/aromatic N) is 3. The van der Waals surface area contributed by atoms with Crippen LogP contribution in [0.25, 0.3) is 0 Å². The average molecular weight is 406 g/mol. The number of hydrogen-bond acceptors (Lipinski definition) is 4. The Balaban J connectivity index is 1.72. The summed E-state index contributed by atoms with van der Waals surface area (Å²) in [5.41, 5.74) is 1.06. The first-order valence-electron chi connectivity index (χ1n) is 9.51. The molecule has 1 aromatic rings. The third-order valence-electron chi connectivity index (χ3n) is 4.74. The highest BCUT2D eigenvalue weighted by Gasteiger charge is 2.32. The van der Waals surface area contributed by atoms with Crippen molar-refractivity contribution in [2.75, 3.05) is 32.7 Å². The average Bonchev–Trinajstić information content (AvgIpc) is 2.91. The van der Waals surface area contributed by atoms with Crippen LogP contribution in [0.5, 0.6) is 0 Å². The lowest BCUT2D eigenvalue weighted by Gasteiger charge is -2.32. The van der Waals surface area contributed by atoms with Crippen molar-refractivity contribution in [3.63, 3.8) is 0 Å². The number of aryl methyl sites for hydroxylation is 2. The fourth-order valence-corrected chi connectivity index (χ4v) is 4.04. The van der Waals surface area contributed by atoms with Crippen LogP contribution in [-0.2, 0) is 6.54 Å². The molecule has 2 heterocycles. The van der Waals surface area contributed by atoms with Crippen molar-refractivity contribution in [3.05, 3.63) is 15.6 Å². The molecule has 1 aliphatic heterocycles. The molecular weight excluding hydrogens is 375 g/mol. The van der Waals surface area contributed by atoms with Crippen LogP contribution in [0.3, 0.4) is 0 Å². The van der Waals surface area contributed by atoms with E-state index in [1.807, 2.05) is 13.8 Å². The molecule has 0 saturated carbocycles. The van der Waals surface area contributed by atoms with Gasteiger partial charge in [0.2, 0.25) is 0 Å². The Morgan fingerprint density at radius 1 is 1.26 bits per heavy atom. The number of likely N-dealkylation sites (tertiary alicyclic amines) is 1. The SMILES string of the molecule is CCNC(=NCc1nc(C)c(C)s1)NCCC1CCN(CC(F)(F)F)CC1. The second kappa shape index (κ2) is 10.3. The van der Waals surface area contributed by atoms with E-state index >= 15 is 0 Å². The van der Waals surface area contributed by atoms with Crippen molar-refractivity contribution < 1.29 is 13.2 Å². The van der Waals surface area contributed by atoms with Crippen molar-refractivity contribution in [1.29, 1.82) is 0 Å². The van der Waals surface area contributed by atoms with Crippen molar-refractivity contribution in [1.82, 2.24) is 20.5 Å². The van der Waals surface area contributed by atoms with Gasteiger partial charge in [-0.3, -0.25) is 4.90 Å². The molecule has 0 radical (unpaired) electrons. The molecule has 0 aliphatic carbocycles. The summed E-state index contributed by atoms with van der Waals surface area (Å²) < 4.78 is 37.3. The van der Waals surface area contributed by atoms with Gasteiger partial charge in [-0.15, -0.1) is 11.3 Å². The Labute approximate surface area is 163 Å². The maximum absolute atomic E-state index is 12.4. The zero-order chi connectivity index (χ0) is 19.9. The van der Waals surface area contributed by atoms with Gasteiger partial charge in [-0.2, -0.15) is 13.2 Å². The van der Waals surface area contributed by atoms with Gasteiger partial charge in [-0.05, 0) is 59.0 Å². The maximum atomic E-state index is 12.4.